The Labute approximate surface area is 267 Å². The summed E-state index contributed by atoms with van der Waals surface area (Å²) in [5.74, 6) is 0. The van der Waals surface area contributed by atoms with Gasteiger partial charge in [-0.2, -0.15) is 0 Å². The van der Waals surface area contributed by atoms with Gasteiger partial charge in [-0.3, -0.25) is 9.38 Å². The van der Waals surface area contributed by atoms with Crippen molar-refractivity contribution in [3.8, 4) is 11.4 Å². The molecule has 0 N–H and O–H groups in total. The summed E-state index contributed by atoms with van der Waals surface area (Å²) >= 11 is 0. The molecule has 11 rings (SSSR count). The lowest BCUT2D eigenvalue weighted by Crippen LogP contribution is -1.98. The third kappa shape index (κ3) is 3.16. The van der Waals surface area contributed by atoms with Crippen molar-refractivity contribution < 1.29 is 0 Å². The maximum Gasteiger partial charge on any atom is 0.165 e. The van der Waals surface area contributed by atoms with Crippen molar-refractivity contribution in [3.05, 3.63) is 146 Å². The molecule has 0 aliphatic carbocycles. The molecule has 6 heteroatoms. The molecule has 0 atom stereocenters. The van der Waals surface area contributed by atoms with Gasteiger partial charge in [-0.15, -0.1) is 0 Å². The van der Waals surface area contributed by atoms with Crippen LogP contribution in [0.25, 0.3) is 93.5 Å². The number of aromatic nitrogens is 6. The van der Waals surface area contributed by atoms with Crippen LogP contribution < -0.4 is 0 Å². The first kappa shape index (κ1) is 24.8. The van der Waals surface area contributed by atoms with Gasteiger partial charge < -0.3 is 9.13 Å². The maximum absolute atomic E-state index is 5.14. The zero-order valence-corrected chi connectivity index (χ0v) is 25.0. The second-order valence-corrected chi connectivity index (χ2v) is 12.1. The minimum absolute atomic E-state index is 0.836. The molecule has 6 aromatic heterocycles. The Morgan fingerprint density at radius 2 is 1.13 bits per heavy atom. The zero-order valence-electron chi connectivity index (χ0n) is 25.0. The molecule has 0 unspecified atom stereocenters. The van der Waals surface area contributed by atoms with Crippen molar-refractivity contribution in [2.45, 2.75) is 0 Å². The normalized spacial score (nSPS) is 12.3. The fourth-order valence-electron chi connectivity index (χ4n) is 7.89. The van der Waals surface area contributed by atoms with E-state index in [1.807, 2.05) is 30.7 Å². The number of para-hydroxylation sites is 3. The van der Waals surface area contributed by atoms with E-state index in [1.54, 1.807) is 0 Å². The minimum atomic E-state index is 0.836. The molecular weight excluding hydrogens is 576 g/mol. The molecule has 0 saturated heterocycles. The number of pyridine rings is 3. The SMILES string of the molecule is c1ccc(-n2c3ccccc3c3ccc4c5c6c7ccncc7n7c8ncccc8nc7c6ccc5n(-c5ccccc5)c4c32)cc1. The Bertz CT molecular complexity index is 3060. The fourth-order valence-corrected chi connectivity index (χ4v) is 7.89. The van der Waals surface area contributed by atoms with Crippen LogP contribution in [-0.4, -0.2) is 28.5 Å². The van der Waals surface area contributed by atoms with Gasteiger partial charge in [0.05, 0.1) is 33.8 Å². The van der Waals surface area contributed by atoms with Crippen LogP contribution >= 0.6 is 0 Å². The first-order valence-corrected chi connectivity index (χ1v) is 15.8. The van der Waals surface area contributed by atoms with E-state index in [0.717, 1.165) is 50.0 Å². The van der Waals surface area contributed by atoms with Gasteiger partial charge in [0.1, 0.15) is 11.2 Å². The summed E-state index contributed by atoms with van der Waals surface area (Å²) in [5, 5.41) is 8.23. The third-order valence-electron chi connectivity index (χ3n) is 9.72. The van der Waals surface area contributed by atoms with Crippen molar-refractivity contribution in [1.82, 2.24) is 28.5 Å². The summed E-state index contributed by atoms with van der Waals surface area (Å²) < 4.78 is 7.04. The van der Waals surface area contributed by atoms with Gasteiger partial charge in [0, 0.05) is 61.5 Å². The van der Waals surface area contributed by atoms with Gasteiger partial charge in [-0.05, 0) is 60.7 Å². The summed E-state index contributed by atoms with van der Waals surface area (Å²) in [6.45, 7) is 0. The quantitative estimate of drug-likeness (QED) is 0.186. The summed E-state index contributed by atoms with van der Waals surface area (Å²) in [5.41, 5.74) is 10.5. The molecule has 6 heterocycles. The van der Waals surface area contributed by atoms with E-state index in [9.17, 15) is 0 Å². The highest BCUT2D eigenvalue weighted by molar-refractivity contribution is 6.33. The van der Waals surface area contributed by atoms with Crippen molar-refractivity contribution in [2.75, 3.05) is 0 Å². The molecule has 0 amide bonds. The number of fused-ring (bicyclic) bond motifs is 16. The van der Waals surface area contributed by atoms with Crippen molar-refractivity contribution in [1.29, 1.82) is 0 Å². The molecule has 11 aromatic rings. The number of hydrogen-bond donors (Lipinski definition) is 0. The van der Waals surface area contributed by atoms with Crippen LogP contribution in [0, 0.1) is 0 Å². The summed E-state index contributed by atoms with van der Waals surface area (Å²) in [6.07, 6.45) is 5.66. The monoisotopic (exact) mass is 600 g/mol. The number of imidazole rings is 1. The summed E-state index contributed by atoms with van der Waals surface area (Å²) in [6, 6.07) is 45.4. The molecule has 0 fully saturated rings. The predicted molar refractivity (Wildman–Crippen MR) is 192 cm³/mol. The second-order valence-electron chi connectivity index (χ2n) is 12.1. The maximum atomic E-state index is 5.14. The molecular formula is C41H24N6. The molecule has 5 aromatic carbocycles. The van der Waals surface area contributed by atoms with E-state index in [0.29, 0.717) is 0 Å². The van der Waals surface area contributed by atoms with Gasteiger partial charge in [-0.1, -0.05) is 66.7 Å². The molecule has 218 valence electrons. The molecule has 47 heavy (non-hydrogen) atoms. The average molecular weight is 601 g/mol. The summed E-state index contributed by atoms with van der Waals surface area (Å²) in [4.78, 5) is 14.5. The van der Waals surface area contributed by atoms with Crippen LogP contribution in [0.1, 0.15) is 0 Å². The smallest absolute Gasteiger partial charge is 0.165 e. The third-order valence-corrected chi connectivity index (χ3v) is 9.72. The number of nitrogens with zero attached hydrogens (tertiary/aromatic N) is 6. The van der Waals surface area contributed by atoms with Crippen LogP contribution in [-0.2, 0) is 0 Å². The Kier molecular flexibility index (Phi) is 4.75. The van der Waals surface area contributed by atoms with E-state index in [1.165, 1.54) is 43.5 Å². The number of hydrogen-bond acceptors (Lipinski definition) is 3. The van der Waals surface area contributed by atoms with E-state index >= 15 is 0 Å². The molecule has 0 aliphatic rings. The van der Waals surface area contributed by atoms with E-state index in [4.69, 9.17) is 9.97 Å². The number of rotatable bonds is 2. The molecule has 0 radical (unpaired) electrons. The average Bonchev–Trinajstić information content (AvgIpc) is 3.80. The minimum Gasteiger partial charge on any atom is -0.307 e. The van der Waals surface area contributed by atoms with Gasteiger partial charge in [-0.25, -0.2) is 9.97 Å². The molecule has 0 saturated carbocycles. The van der Waals surface area contributed by atoms with Crippen LogP contribution in [0.5, 0.6) is 0 Å². The highest BCUT2D eigenvalue weighted by atomic mass is 15.1. The van der Waals surface area contributed by atoms with Gasteiger partial charge in [0.15, 0.2) is 5.65 Å². The lowest BCUT2D eigenvalue weighted by Gasteiger charge is -2.12. The number of benzene rings is 5. The first-order chi connectivity index (χ1) is 23.4. The van der Waals surface area contributed by atoms with Gasteiger partial charge in [0.25, 0.3) is 0 Å². The summed E-state index contributed by atoms with van der Waals surface area (Å²) in [7, 11) is 0. The van der Waals surface area contributed by atoms with Crippen LogP contribution in [0.2, 0.25) is 0 Å². The largest absolute Gasteiger partial charge is 0.307 e. The van der Waals surface area contributed by atoms with E-state index < -0.39 is 0 Å². The van der Waals surface area contributed by atoms with Gasteiger partial charge in [0.2, 0.25) is 0 Å². The van der Waals surface area contributed by atoms with Crippen molar-refractivity contribution in [2.24, 2.45) is 0 Å². The zero-order chi connectivity index (χ0) is 30.6. The Morgan fingerprint density at radius 1 is 0.426 bits per heavy atom. The lowest BCUT2D eigenvalue weighted by atomic mass is 10.0. The Morgan fingerprint density at radius 3 is 1.96 bits per heavy atom. The lowest BCUT2D eigenvalue weighted by molar-refractivity contribution is 1.15. The second kappa shape index (κ2) is 9.02. The standard InChI is InChI=1S/C41H24N6/c1-3-10-25(11-4-1)45-33-16-8-7-14-27(33)28-17-18-30-37-34(46(39(30)38(28)45)26-12-5-2-6-13-26)20-19-31-36(37)29-21-23-42-24-35(29)47-40(31)44-32-15-9-22-43-41(32)47/h1-24H. The Balaban J connectivity index is 1.45. The van der Waals surface area contributed by atoms with Crippen LogP contribution in [0.3, 0.4) is 0 Å². The molecule has 6 nitrogen and oxygen atoms in total. The fraction of sp³-hybridized carbons (Fsp3) is 0. The van der Waals surface area contributed by atoms with E-state index in [2.05, 4.69) is 134 Å². The molecule has 0 bridgehead atoms. The predicted octanol–water partition coefficient (Wildman–Crippen LogP) is 9.78. The molecule has 0 spiro atoms. The Hall–Kier alpha value is -6.53. The van der Waals surface area contributed by atoms with Gasteiger partial charge >= 0.3 is 0 Å². The highest BCUT2D eigenvalue weighted by Crippen LogP contribution is 2.45. The first-order valence-electron chi connectivity index (χ1n) is 15.8. The highest BCUT2D eigenvalue weighted by Gasteiger charge is 2.24. The van der Waals surface area contributed by atoms with Crippen molar-refractivity contribution >= 4 is 82.1 Å². The van der Waals surface area contributed by atoms with E-state index in [-0.39, 0.29) is 0 Å². The topological polar surface area (TPSA) is 52.9 Å². The van der Waals surface area contributed by atoms with Crippen LogP contribution in [0.15, 0.2) is 146 Å². The molecule has 0 aliphatic heterocycles. The van der Waals surface area contributed by atoms with Crippen molar-refractivity contribution in [3.63, 3.8) is 0 Å². The van der Waals surface area contributed by atoms with Crippen LogP contribution in [0.4, 0.5) is 0 Å².